The molecule has 0 fully saturated rings. The van der Waals surface area contributed by atoms with Gasteiger partial charge in [-0.3, -0.25) is 0 Å². The number of hydrogen-bond donors (Lipinski definition) is 3. The van der Waals surface area contributed by atoms with Gasteiger partial charge in [0, 0.05) is 11.1 Å². The summed E-state index contributed by atoms with van der Waals surface area (Å²) in [6, 6.07) is 6.21. The van der Waals surface area contributed by atoms with Gasteiger partial charge in [-0.25, -0.2) is 9.37 Å². The summed E-state index contributed by atoms with van der Waals surface area (Å²) in [5.41, 5.74) is 13.5. The Kier molecular flexibility index (Phi) is 3.34. The summed E-state index contributed by atoms with van der Waals surface area (Å²) in [4.78, 5) is 12.3. The molecule has 3 aromatic rings. The van der Waals surface area contributed by atoms with E-state index in [9.17, 15) is 9.50 Å². The number of benzene rings is 1. The molecule has 0 unspecified atom stereocenters. The van der Waals surface area contributed by atoms with E-state index in [1.807, 2.05) is 0 Å². The number of anilines is 2. The topological polar surface area (TPSA) is 111 Å². The minimum absolute atomic E-state index is 0.00636. The molecule has 0 aliphatic carbocycles. The molecule has 0 aliphatic heterocycles. The molecular weight excluding hydrogens is 285 g/mol. The molecular formula is C15H14FN5O. The largest absolute Gasteiger partial charge is 0.392 e. The number of nitrogens with two attached hydrogens (primary N) is 2. The molecule has 2 aromatic heterocycles. The highest BCUT2D eigenvalue weighted by Crippen LogP contribution is 2.32. The number of halogens is 1. The van der Waals surface area contributed by atoms with Crippen LogP contribution in [0, 0.1) is 12.7 Å². The lowest BCUT2D eigenvalue weighted by Crippen LogP contribution is -2.07. The van der Waals surface area contributed by atoms with Crippen molar-refractivity contribution >= 4 is 22.8 Å². The van der Waals surface area contributed by atoms with Crippen LogP contribution in [-0.4, -0.2) is 20.1 Å². The molecule has 0 aliphatic rings. The SMILES string of the molecule is Cc1c(CO)c(-c2ccccc2F)nc2nc(N)nc(N)c12. The number of hydrogen-bond acceptors (Lipinski definition) is 6. The standard InChI is InChI=1S/C15H14FN5O/c1-7-9(6-22)12(8-4-2-3-5-10(8)16)19-14-11(7)13(17)20-15(18)21-14/h2-5,22H,6H2,1H3,(H4,17,18,19,20,21). The van der Waals surface area contributed by atoms with Crippen molar-refractivity contribution in [1.29, 1.82) is 0 Å². The number of nitrogens with zero attached hydrogens (tertiary/aromatic N) is 3. The number of aliphatic hydroxyl groups is 1. The fraction of sp³-hybridized carbons (Fsp3) is 0.133. The first-order valence-corrected chi connectivity index (χ1v) is 6.61. The van der Waals surface area contributed by atoms with Crippen molar-refractivity contribution < 1.29 is 9.50 Å². The highest BCUT2D eigenvalue weighted by Gasteiger charge is 2.18. The van der Waals surface area contributed by atoms with E-state index < -0.39 is 5.82 Å². The minimum atomic E-state index is -0.432. The first-order chi connectivity index (χ1) is 10.5. The molecule has 0 atom stereocenters. The van der Waals surface area contributed by atoms with Crippen LogP contribution in [0.5, 0.6) is 0 Å². The molecule has 0 spiro atoms. The van der Waals surface area contributed by atoms with Crippen molar-refractivity contribution in [2.45, 2.75) is 13.5 Å². The molecule has 1 aromatic carbocycles. The summed E-state index contributed by atoms with van der Waals surface area (Å²) in [5, 5.41) is 10.2. The van der Waals surface area contributed by atoms with Crippen LogP contribution in [0.2, 0.25) is 0 Å². The maximum atomic E-state index is 14.1. The minimum Gasteiger partial charge on any atom is -0.392 e. The number of rotatable bonds is 2. The van der Waals surface area contributed by atoms with E-state index in [-0.39, 0.29) is 29.6 Å². The van der Waals surface area contributed by atoms with E-state index >= 15 is 0 Å². The summed E-state index contributed by atoms with van der Waals surface area (Å²) in [7, 11) is 0. The normalized spacial score (nSPS) is 11.0. The summed E-state index contributed by atoms with van der Waals surface area (Å²) in [6.07, 6.45) is 0. The second-order valence-corrected chi connectivity index (χ2v) is 4.87. The Hall–Kier alpha value is -2.80. The van der Waals surface area contributed by atoms with Crippen LogP contribution in [0.4, 0.5) is 16.2 Å². The van der Waals surface area contributed by atoms with Crippen molar-refractivity contribution in [3.05, 3.63) is 41.2 Å². The van der Waals surface area contributed by atoms with Gasteiger partial charge in [-0.15, -0.1) is 0 Å². The van der Waals surface area contributed by atoms with Crippen LogP contribution in [0.1, 0.15) is 11.1 Å². The molecule has 0 saturated carbocycles. The summed E-state index contributed by atoms with van der Waals surface area (Å²) in [6.45, 7) is 1.46. The van der Waals surface area contributed by atoms with Crippen molar-refractivity contribution in [2.24, 2.45) is 0 Å². The third-order valence-corrected chi connectivity index (χ3v) is 3.55. The van der Waals surface area contributed by atoms with Gasteiger partial charge in [-0.1, -0.05) is 12.1 Å². The van der Waals surface area contributed by atoms with E-state index in [4.69, 9.17) is 11.5 Å². The van der Waals surface area contributed by atoms with Gasteiger partial charge >= 0.3 is 0 Å². The number of aryl methyl sites for hydroxylation is 1. The van der Waals surface area contributed by atoms with E-state index in [0.717, 1.165) is 0 Å². The molecule has 0 bridgehead atoms. The first-order valence-electron chi connectivity index (χ1n) is 6.61. The highest BCUT2D eigenvalue weighted by molar-refractivity contribution is 5.92. The summed E-state index contributed by atoms with van der Waals surface area (Å²) >= 11 is 0. The van der Waals surface area contributed by atoms with Crippen molar-refractivity contribution in [3.8, 4) is 11.3 Å². The number of aromatic nitrogens is 3. The zero-order valence-electron chi connectivity index (χ0n) is 11.8. The van der Waals surface area contributed by atoms with Crippen LogP contribution in [0.3, 0.4) is 0 Å². The van der Waals surface area contributed by atoms with Crippen molar-refractivity contribution in [2.75, 3.05) is 11.5 Å². The van der Waals surface area contributed by atoms with Crippen LogP contribution in [-0.2, 0) is 6.61 Å². The number of fused-ring (bicyclic) bond motifs is 1. The molecule has 0 amide bonds. The molecule has 2 heterocycles. The maximum absolute atomic E-state index is 14.1. The van der Waals surface area contributed by atoms with Gasteiger partial charge in [0.15, 0.2) is 5.65 Å². The molecule has 0 radical (unpaired) electrons. The quantitative estimate of drug-likeness (QED) is 0.665. The second kappa shape index (κ2) is 5.19. The number of pyridine rings is 1. The van der Waals surface area contributed by atoms with Gasteiger partial charge in [-0.2, -0.15) is 9.97 Å². The number of nitrogen functional groups attached to an aromatic ring is 2. The van der Waals surface area contributed by atoms with Crippen molar-refractivity contribution in [3.63, 3.8) is 0 Å². The Morgan fingerprint density at radius 2 is 1.86 bits per heavy atom. The monoisotopic (exact) mass is 299 g/mol. The van der Waals surface area contributed by atoms with Crippen LogP contribution in [0.25, 0.3) is 22.3 Å². The highest BCUT2D eigenvalue weighted by atomic mass is 19.1. The van der Waals surface area contributed by atoms with Gasteiger partial charge in [0.05, 0.1) is 17.7 Å². The third kappa shape index (κ3) is 2.11. The van der Waals surface area contributed by atoms with Gasteiger partial charge in [-0.05, 0) is 24.6 Å². The second-order valence-electron chi connectivity index (χ2n) is 4.87. The zero-order valence-corrected chi connectivity index (χ0v) is 11.8. The number of aliphatic hydroxyl groups excluding tert-OH is 1. The average molecular weight is 299 g/mol. The van der Waals surface area contributed by atoms with E-state index in [2.05, 4.69) is 15.0 Å². The molecule has 112 valence electrons. The van der Waals surface area contributed by atoms with Crippen LogP contribution < -0.4 is 11.5 Å². The predicted molar refractivity (Wildman–Crippen MR) is 82.2 cm³/mol. The zero-order chi connectivity index (χ0) is 15.9. The van der Waals surface area contributed by atoms with Crippen LogP contribution >= 0.6 is 0 Å². The summed E-state index contributed by atoms with van der Waals surface area (Å²) in [5.74, 6) is -0.256. The fourth-order valence-electron chi connectivity index (χ4n) is 2.50. The Balaban J connectivity index is 2.43. The predicted octanol–water partition coefficient (Wildman–Crippen LogP) is 1.80. The van der Waals surface area contributed by atoms with E-state index in [1.165, 1.54) is 6.07 Å². The fourth-order valence-corrected chi connectivity index (χ4v) is 2.50. The van der Waals surface area contributed by atoms with Gasteiger partial charge < -0.3 is 16.6 Å². The third-order valence-electron chi connectivity index (χ3n) is 3.55. The van der Waals surface area contributed by atoms with Gasteiger partial charge in [0.25, 0.3) is 0 Å². The molecule has 7 heteroatoms. The Bertz CT molecular complexity index is 881. The Morgan fingerprint density at radius 1 is 1.14 bits per heavy atom. The first kappa shape index (κ1) is 14.2. The molecule has 0 saturated heterocycles. The van der Waals surface area contributed by atoms with Gasteiger partial charge in [0.1, 0.15) is 11.6 Å². The molecule has 22 heavy (non-hydrogen) atoms. The molecule has 5 N–H and O–H groups in total. The maximum Gasteiger partial charge on any atom is 0.224 e. The lowest BCUT2D eigenvalue weighted by molar-refractivity contribution is 0.281. The lowest BCUT2D eigenvalue weighted by Gasteiger charge is -2.14. The average Bonchev–Trinajstić information content (AvgIpc) is 2.46. The smallest absolute Gasteiger partial charge is 0.224 e. The lowest BCUT2D eigenvalue weighted by atomic mass is 9.99. The Morgan fingerprint density at radius 3 is 2.55 bits per heavy atom. The molecule has 3 rings (SSSR count). The van der Waals surface area contributed by atoms with Crippen molar-refractivity contribution in [1.82, 2.24) is 15.0 Å². The molecule has 6 nitrogen and oxygen atoms in total. The summed E-state index contributed by atoms with van der Waals surface area (Å²) < 4.78 is 14.1. The van der Waals surface area contributed by atoms with Gasteiger partial charge in [0.2, 0.25) is 5.95 Å². The Labute approximate surface area is 125 Å². The van der Waals surface area contributed by atoms with E-state index in [1.54, 1.807) is 25.1 Å². The van der Waals surface area contributed by atoms with E-state index in [0.29, 0.717) is 22.2 Å². The van der Waals surface area contributed by atoms with Crippen LogP contribution in [0.15, 0.2) is 24.3 Å².